The van der Waals surface area contributed by atoms with E-state index in [4.69, 9.17) is 0 Å². The summed E-state index contributed by atoms with van der Waals surface area (Å²) in [7, 11) is 1.35. The first-order chi connectivity index (χ1) is 11.5. The lowest BCUT2D eigenvalue weighted by Gasteiger charge is -2.12. The molecule has 0 aromatic heterocycles. The van der Waals surface area contributed by atoms with E-state index in [2.05, 4.69) is 26.0 Å². The zero-order chi connectivity index (χ0) is 17.5. The second kappa shape index (κ2) is 8.89. The molecule has 0 bridgehead atoms. The number of thioether (sulfide) groups is 1. The van der Waals surface area contributed by atoms with Gasteiger partial charge in [0.05, 0.1) is 17.9 Å². The SMILES string of the molecule is COC(=O)c1ccc(CNC(=O)C(C)Sc2ccc(Br)cc2)cc1. The lowest BCUT2D eigenvalue weighted by molar-refractivity contribution is -0.120. The van der Waals surface area contributed by atoms with E-state index in [0.29, 0.717) is 12.1 Å². The van der Waals surface area contributed by atoms with Crippen LogP contribution in [0.5, 0.6) is 0 Å². The predicted octanol–water partition coefficient (Wildman–Crippen LogP) is 4.03. The largest absolute Gasteiger partial charge is 0.465 e. The molecule has 2 aromatic rings. The molecule has 0 radical (unpaired) electrons. The summed E-state index contributed by atoms with van der Waals surface area (Å²) in [5.74, 6) is -0.398. The Labute approximate surface area is 154 Å². The fourth-order valence-electron chi connectivity index (χ4n) is 1.98. The minimum Gasteiger partial charge on any atom is -0.465 e. The molecular weight excluding hydrogens is 390 g/mol. The number of esters is 1. The molecule has 0 fully saturated rings. The van der Waals surface area contributed by atoms with Crippen molar-refractivity contribution in [3.8, 4) is 0 Å². The van der Waals surface area contributed by atoms with Crippen LogP contribution in [0.3, 0.4) is 0 Å². The van der Waals surface area contributed by atoms with Crippen LogP contribution in [0.4, 0.5) is 0 Å². The second-order valence-electron chi connectivity index (χ2n) is 5.12. The Balaban J connectivity index is 1.85. The first-order valence-electron chi connectivity index (χ1n) is 7.37. The molecule has 6 heteroatoms. The summed E-state index contributed by atoms with van der Waals surface area (Å²) in [5, 5.41) is 2.71. The van der Waals surface area contributed by atoms with Crippen molar-refractivity contribution in [1.82, 2.24) is 5.32 Å². The normalized spacial score (nSPS) is 11.6. The molecule has 1 amide bonds. The molecule has 0 heterocycles. The van der Waals surface area contributed by atoms with Gasteiger partial charge in [0.2, 0.25) is 5.91 Å². The van der Waals surface area contributed by atoms with E-state index in [1.165, 1.54) is 18.9 Å². The molecule has 0 spiro atoms. The highest BCUT2D eigenvalue weighted by atomic mass is 79.9. The molecule has 1 unspecified atom stereocenters. The molecule has 24 heavy (non-hydrogen) atoms. The zero-order valence-corrected chi connectivity index (χ0v) is 15.8. The molecule has 1 N–H and O–H groups in total. The average molecular weight is 408 g/mol. The van der Waals surface area contributed by atoms with Gasteiger partial charge in [0.25, 0.3) is 0 Å². The van der Waals surface area contributed by atoms with Gasteiger partial charge in [-0.05, 0) is 48.9 Å². The van der Waals surface area contributed by atoms with E-state index in [9.17, 15) is 9.59 Å². The maximum atomic E-state index is 12.2. The third-order valence-corrected chi connectivity index (χ3v) is 4.98. The summed E-state index contributed by atoms with van der Waals surface area (Å²) in [5.41, 5.74) is 1.42. The van der Waals surface area contributed by atoms with Crippen LogP contribution in [0, 0.1) is 0 Å². The summed E-state index contributed by atoms with van der Waals surface area (Å²) in [6.45, 7) is 2.30. The molecule has 1 atom stereocenters. The first-order valence-corrected chi connectivity index (χ1v) is 9.04. The quantitative estimate of drug-likeness (QED) is 0.579. The zero-order valence-electron chi connectivity index (χ0n) is 13.4. The van der Waals surface area contributed by atoms with Crippen LogP contribution in [0.1, 0.15) is 22.8 Å². The molecule has 2 aromatic carbocycles. The predicted molar refractivity (Wildman–Crippen MR) is 99.1 cm³/mol. The van der Waals surface area contributed by atoms with Crippen LogP contribution >= 0.6 is 27.7 Å². The number of nitrogens with one attached hydrogen (secondary N) is 1. The maximum absolute atomic E-state index is 12.2. The van der Waals surface area contributed by atoms with Gasteiger partial charge in [-0.25, -0.2) is 4.79 Å². The fourth-order valence-corrected chi connectivity index (χ4v) is 3.14. The number of hydrogen-bond donors (Lipinski definition) is 1. The number of methoxy groups -OCH3 is 1. The summed E-state index contributed by atoms with van der Waals surface area (Å²) in [4.78, 5) is 24.6. The Morgan fingerprint density at radius 2 is 1.75 bits per heavy atom. The van der Waals surface area contributed by atoms with Crippen molar-refractivity contribution in [2.24, 2.45) is 0 Å². The van der Waals surface area contributed by atoms with Crippen LogP contribution in [-0.4, -0.2) is 24.2 Å². The molecule has 0 aliphatic heterocycles. The van der Waals surface area contributed by atoms with Crippen molar-refractivity contribution in [3.05, 3.63) is 64.1 Å². The molecule has 0 aliphatic carbocycles. The van der Waals surface area contributed by atoms with Crippen molar-refractivity contribution >= 4 is 39.6 Å². The van der Waals surface area contributed by atoms with E-state index < -0.39 is 0 Å². The van der Waals surface area contributed by atoms with Gasteiger partial charge in [-0.1, -0.05) is 28.1 Å². The first kappa shape index (κ1) is 18.5. The minimum atomic E-state index is -0.370. The third-order valence-electron chi connectivity index (χ3n) is 3.34. The topological polar surface area (TPSA) is 55.4 Å². The molecule has 0 saturated carbocycles. The molecule has 0 saturated heterocycles. The lowest BCUT2D eigenvalue weighted by Crippen LogP contribution is -2.30. The van der Waals surface area contributed by atoms with Crippen molar-refractivity contribution in [3.63, 3.8) is 0 Å². The maximum Gasteiger partial charge on any atom is 0.337 e. The number of carbonyl (C=O) groups excluding carboxylic acids is 2. The van der Waals surface area contributed by atoms with E-state index in [1.54, 1.807) is 24.3 Å². The molecule has 2 rings (SSSR count). The number of ether oxygens (including phenoxy) is 1. The number of amides is 1. The Morgan fingerprint density at radius 3 is 2.33 bits per heavy atom. The van der Waals surface area contributed by atoms with Gasteiger partial charge in [-0.15, -0.1) is 11.8 Å². The van der Waals surface area contributed by atoms with Crippen LogP contribution in [0.2, 0.25) is 0 Å². The standard InChI is InChI=1S/C18H18BrNO3S/c1-12(24-16-9-7-15(19)8-10-16)17(21)20-11-13-3-5-14(6-4-13)18(22)23-2/h3-10,12H,11H2,1-2H3,(H,20,21). The van der Waals surface area contributed by atoms with Gasteiger partial charge in [0.15, 0.2) is 0 Å². The van der Waals surface area contributed by atoms with Gasteiger partial charge in [-0.2, -0.15) is 0 Å². The van der Waals surface area contributed by atoms with Crippen LogP contribution in [-0.2, 0) is 16.1 Å². The number of halogens is 1. The Hall–Kier alpha value is -1.79. The fraction of sp³-hybridized carbons (Fsp3) is 0.222. The van der Waals surface area contributed by atoms with E-state index in [0.717, 1.165) is 14.9 Å². The second-order valence-corrected chi connectivity index (χ2v) is 7.45. The Kier molecular flexibility index (Phi) is 6.87. The molecule has 0 aliphatic rings. The van der Waals surface area contributed by atoms with Crippen LogP contribution < -0.4 is 5.32 Å². The van der Waals surface area contributed by atoms with Crippen LogP contribution in [0.25, 0.3) is 0 Å². The van der Waals surface area contributed by atoms with Gasteiger partial charge in [0.1, 0.15) is 0 Å². The molecular formula is C18H18BrNO3S. The average Bonchev–Trinajstić information content (AvgIpc) is 2.61. The Morgan fingerprint density at radius 1 is 1.12 bits per heavy atom. The monoisotopic (exact) mass is 407 g/mol. The van der Waals surface area contributed by atoms with Gasteiger partial charge >= 0.3 is 5.97 Å². The smallest absolute Gasteiger partial charge is 0.337 e. The van der Waals surface area contributed by atoms with E-state index >= 15 is 0 Å². The lowest BCUT2D eigenvalue weighted by atomic mass is 10.1. The van der Waals surface area contributed by atoms with Crippen LogP contribution in [0.15, 0.2) is 57.9 Å². The summed E-state index contributed by atoms with van der Waals surface area (Å²) in [6, 6.07) is 14.8. The highest BCUT2D eigenvalue weighted by Gasteiger charge is 2.14. The van der Waals surface area contributed by atoms with Crippen molar-refractivity contribution in [2.75, 3.05) is 7.11 Å². The summed E-state index contributed by atoms with van der Waals surface area (Å²) >= 11 is 4.90. The number of carbonyl (C=O) groups is 2. The highest BCUT2D eigenvalue weighted by molar-refractivity contribution is 9.10. The minimum absolute atomic E-state index is 0.0278. The van der Waals surface area contributed by atoms with E-state index in [-0.39, 0.29) is 17.1 Å². The van der Waals surface area contributed by atoms with Crippen molar-refractivity contribution in [1.29, 1.82) is 0 Å². The number of rotatable bonds is 6. The highest BCUT2D eigenvalue weighted by Crippen LogP contribution is 2.24. The summed E-state index contributed by atoms with van der Waals surface area (Å²) in [6.07, 6.45) is 0. The van der Waals surface area contributed by atoms with Crippen molar-refractivity contribution in [2.45, 2.75) is 23.6 Å². The van der Waals surface area contributed by atoms with E-state index in [1.807, 2.05) is 31.2 Å². The van der Waals surface area contributed by atoms with Crippen molar-refractivity contribution < 1.29 is 14.3 Å². The molecule has 4 nitrogen and oxygen atoms in total. The van der Waals surface area contributed by atoms with Gasteiger partial charge < -0.3 is 10.1 Å². The Bertz CT molecular complexity index is 701. The summed E-state index contributed by atoms with van der Waals surface area (Å²) < 4.78 is 5.67. The number of hydrogen-bond acceptors (Lipinski definition) is 4. The van der Waals surface area contributed by atoms with Gasteiger partial charge in [-0.3, -0.25) is 4.79 Å². The molecule has 126 valence electrons. The van der Waals surface area contributed by atoms with Gasteiger partial charge in [0, 0.05) is 15.9 Å². The third kappa shape index (κ3) is 5.39. The number of benzene rings is 2.